The zero-order chi connectivity index (χ0) is 3.54. The van der Waals surface area contributed by atoms with Crippen LogP contribution in [-0.4, -0.2) is 13.2 Å². The van der Waals surface area contributed by atoms with E-state index >= 15 is 0 Å². The first kappa shape index (κ1) is 15.7. The molecule has 0 aromatic carbocycles. The van der Waals surface area contributed by atoms with Crippen LogP contribution in [0.2, 0.25) is 0 Å². The van der Waals surface area contributed by atoms with Gasteiger partial charge < -0.3 is 4.74 Å². The van der Waals surface area contributed by atoms with Crippen molar-refractivity contribution in [2.24, 2.45) is 0 Å². The molecule has 1 aliphatic rings. The molecule has 0 aromatic heterocycles. The fourth-order valence-corrected chi connectivity index (χ4v) is 0.510. The van der Waals surface area contributed by atoms with Gasteiger partial charge in [0.15, 0.2) is 0 Å². The molecule has 1 saturated heterocycles. The molecule has 1 rings (SSSR count). The molecule has 0 aliphatic carbocycles. The smallest absolute Gasteiger partial charge is 0.0466 e. The summed E-state index contributed by atoms with van der Waals surface area (Å²) in [7, 11) is 0. The second-order valence-electron chi connectivity index (χ2n) is 1.32. The molecule has 54 valence electrons. The van der Waals surface area contributed by atoms with E-state index in [1.807, 2.05) is 0 Å². The van der Waals surface area contributed by atoms with E-state index in [2.05, 4.69) is 0 Å². The summed E-state index contributed by atoms with van der Waals surface area (Å²) in [6.07, 6.45) is 2.56. The van der Waals surface area contributed by atoms with Crippen molar-refractivity contribution in [2.45, 2.75) is 12.8 Å². The predicted octanol–water partition coefficient (Wildman–Crippen LogP) is 1.25. The average molecular weight is 132 g/mol. The van der Waals surface area contributed by atoms with Crippen molar-refractivity contribution >= 4 is 0 Å². The summed E-state index contributed by atoms with van der Waals surface area (Å²) in [6.45, 7) is 2.00. The average Bonchev–Trinajstić information content (AvgIpc) is 1.76. The maximum Gasteiger partial charge on any atom is 0.0466 e. The van der Waals surface area contributed by atoms with Crippen LogP contribution in [0.25, 0.3) is 0 Å². The van der Waals surface area contributed by atoms with Gasteiger partial charge in [-0.1, -0.05) is 0 Å². The number of halogens is 3. The molecule has 4 heteroatoms. The molecular weight excluding hydrogens is 121 g/mol. The Kier molecular flexibility index (Phi) is 19.4. The number of ether oxygens (including phenoxy) is 1. The van der Waals surface area contributed by atoms with Crippen LogP contribution in [0.5, 0.6) is 0 Å². The van der Waals surface area contributed by atoms with Crippen molar-refractivity contribution in [2.75, 3.05) is 13.2 Å². The Morgan fingerprint density at radius 2 is 1.12 bits per heavy atom. The summed E-state index contributed by atoms with van der Waals surface area (Å²) in [4.78, 5) is 0. The Morgan fingerprint density at radius 3 is 1.25 bits per heavy atom. The summed E-state index contributed by atoms with van der Waals surface area (Å²) < 4.78 is 4.94. The lowest BCUT2D eigenvalue weighted by molar-refractivity contribution is 0.198. The second kappa shape index (κ2) is 9.89. The van der Waals surface area contributed by atoms with Gasteiger partial charge in [-0.05, 0) is 12.8 Å². The van der Waals surface area contributed by atoms with Gasteiger partial charge in [0.25, 0.3) is 0 Å². The van der Waals surface area contributed by atoms with Crippen molar-refractivity contribution < 1.29 is 18.9 Å². The Labute approximate surface area is 46.1 Å². The van der Waals surface area contributed by atoms with Gasteiger partial charge >= 0.3 is 0 Å². The minimum atomic E-state index is 0. The predicted molar refractivity (Wildman–Crippen MR) is 27.6 cm³/mol. The molecule has 0 saturated carbocycles. The van der Waals surface area contributed by atoms with Crippen LogP contribution in [0.4, 0.5) is 14.1 Å². The molecule has 0 spiro atoms. The molecule has 0 amide bonds. The number of hydrogen-bond donors (Lipinski definition) is 0. The molecule has 0 radical (unpaired) electrons. The topological polar surface area (TPSA) is 9.23 Å². The van der Waals surface area contributed by atoms with E-state index in [1.54, 1.807) is 0 Å². The van der Waals surface area contributed by atoms with Gasteiger partial charge in [-0.25, -0.2) is 0 Å². The third kappa shape index (κ3) is 5.75. The fourth-order valence-electron chi connectivity index (χ4n) is 0.510. The minimum Gasteiger partial charge on any atom is -0.381 e. The standard InChI is InChI=1S/C4H8O.3FH/c1-2-4-5-3-1;;;/h1-4H2;3*1H. The van der Waals surface area contributed by atoms with Crippen molar-refractivity contribution in [3.05, 3.63) is 0 Å². The van der Waals surface area contributed by atoms with Gasteiger partial charge in [-0.15, -0.1) is 0 Å². The van der Waals surface area contributed by atoms with Crippen molar-refractivity contribution in [3.8, 4) is 0 Å². The molecule has 1 fully saturated rings. The normalized spacial score (nSPS) is 15.0. The first-order chi connectivity index (χ1) is 2.50. The highest BCUT2D eigenvalue weighted by Gasteiger charge is 1.94. The molecule has 0 bridgehead atoms. The molecule has 1 heterocycles. The lowest BCUT2D eigenvalue weighted by atomic mass is 10.4. The first-order valence-electron chi connectivity index (χ1n) is 2.08. The summed E-state index contributed by atoms with van der Waals surface area (Å²) in [5, 5.41) is 0. The van der Waals surface area contributed by atoms with E-state index in [1.165, 1.54) is 12.8 Å². The summed E-state index contributed by atoms with van der Waals surface area (Å²) in [6, 6.07) is 0. The van der Waals surface area contributed by atoms with Gasteiger partial charge in [0.1, 0.15) is 0 Å². The van der Waals surface area contributed by atoms with Gasteiger partial charge in [0, 0.05) is 13.2 Å². The molecular formula is C4H11F3O. The van der Waals surface area contributed by atoms with E-state index in [4.69, 9.17) is 4.74 Å². The molecule has 0 aromatic rings. The third-order valence-electron chi connectivity index (χ3n) is 0.827. The molecule has 0 unspecified atom stereocenters. The highest BCUT2D eigenvalue weighted by molar-refractivity contribution is 4.43. The van der Waals surface area contributed by atoms with Gasteiger partial charge in [-0.3, -0.25) is 14.1 Å². The maximum absolute atomic E-state index is 4.94. The largest absolute Gasteiger partial charge is 0.381 e. The van der Waals surface area contributed by atoms with E-state index in [0.717, 1.165) is 13.2 Å². The maximum atomic E-state index is 4.94. The Balaban J connectivity index is -0.0000000833. The zero-order valence-corrected chi connectivity index (χ0v) is 4.46. The van der Waals surface area contributed by atoms with Crippen molar-refractivity contribution in [3.63, 3.8) is 0 Å². The van der Waals surface area contributed by atoms with Gasteiger partial charge in [0.2, 0.25) is 0 Å². The summed E-state index contributed by atoms with van der Waals surface area (Å²) in [5.41, 5.74) is 0. The van der Waals surface area contributed by atoms with Crippen LogP contribution in [-0.2, 0) is 4.74 Å². The van der Waals surface area contributed by atoms with E-state index in [0.29, 0.717) is 0 Å². The highest BCUT2D eigenvalue weighted by Crippen LogP contribution is 1.98. The Hall–Kier alpha value is -0.250. The quantitative estimate of drug-likeness (QED) is 0.482. The van der Waals surface area contributed by atoms with Crippen LogP contribution in [0.1, 0.15) is 12.8 Å². The SMILES string of the molecule is C1CCOC1.F.F.F. The fraction of sp³-hybridized carbons (Fsp3) is 1.00. The van der Waals surface area contributed by atoms with E-state index < -0.39 is 0 Å². The summed E-state index contributed by atoms with van der Waals surface area (Å²) >= 11 is 0. The second-order valence-corrected chi connectivity index (χ2v) is 1.32. The van der Waals surface area contributed by atoms with Crippen LogP contribution in [0.3, 0.4) is 0 Å². The summed E-state index contributed by atoms with van der Waals surface area (Å²) in [5.74, 6) is 0. The van der Waals surface area contributed by atoms with Crippen LogP contribution >= 0.6 is 0 Å². The van der Waals surface area contributed by atoms with Gasteiger partial charge in [-0.2, -0.15) is 0 Å². The van der Waals surface area contributed by atoms with Crippen LogP contribution in [0, 0.1) is 0 Å². The number of hydrogen-bond acceptors (Lipinski definition) is 1. The third-order valence-corrected chi connectivity index (χ3v) is 0.827. The first-order valence-corrected chi connectivity index (χ1v) is 2.08. The highest BCUT2D eigenvalue weighted by atomic mass is 19.0. The van der Waals surface area contributed by atoms with Crippen molar-refractivity contribution in [1.82, 2.24) is 0 Å². The number of rotatable bonds is 0. The molecule has 1 aliphatic heterocycles. The Bertz CT molecular complexity index is 22.9. The zero-order valence-electron chi connectivity index (χ0n) is 4.46. The molecule has 0 atom stereocenters. The van der Waals surface area contributed by atoms with Crippen molar-refractivity contribution in [1.29, 1.82) is 0 Å². The van der Waals surface area contributed by atoms with Gasteiger partial charge in [0.05, 0.1) is 0 Å². The molecule has 0 N–H and O–H groups in total. The van der Waals surface area contributed by atoms with Crippen LogP contribution < -0.4 is 0 Å². The van der Waals surface area contributed by atoms with E-state index in [-0.39, 0.29) is 14.1 Å². The molecule has 8 heavy (non-hydrogen) atoms. The lowest BCUT2D eigenvalue weighted by Crippen LogP contribution is -1.74. The lowest BCUT2D eigenvalue weighted by Gasteiger charge is -1.76. The monoisotopic (exact) mass is 132 g/mol. The minimum absolute atomic E-state index is 0. The Morgan fingerprint density at radius 1 is 0.750 bits per heavy atom. The van der Waals surface area contributed by atoms with Crippen LogP contribution in [0.15, 0.2) is 0 Å². The van der Waals surface area contributed by atoms with E-state index in [9.17, 15) is 0 Å². The molecule has 1 nitrogen and oxygen atoms in total.